The summed E-state index contributed by atoms with van der Waals surface area (Å²) in [5.74, 6) is -0.193. The summed E-state index contributed by atoms with van der Waals surface area (Å²) >= 11 is 3.43. The summed E-state index contributed by atoms with van der Waals surface area (Å²) in [7, 11) is 1.98. The van der Waals surface area contributed by atoms with Crippen LogP contribution in [0, 0.1) is 11.2 Å². The summed E-state index contributed by atoms with van der Waals surface area (Å²) in [6.45, 7) is 6.68. The molecule has 1 unspecified atom stereocenters. The van der Waals surface area contributed by atoms with Crippen molar-refractivity contribution in [3.05, 3.63) is 34.1 Å². The van der Waals surface area contributed by atoms with E-state index in [1.807, 2.05) is 13.1 Å². The first-order valence-corrected chi connectivity index (χ1v) is 6.74. The van der Waals surface area contributed by atoms with Gasteiger partial charge >= 0.3 is 0 Å². The number of halogens is 2. The molecule has 0 aliphatic rings. The van der Waals surface area contributed by atoms with Crippen LogP contribution in [-0.4, -0.2) is 13.1 Å². The van der Waals surface area contributed by atoms with Gasteiger partial charge in [-0.05, 0) is 49.9 Å². The fourth-order valence-corrected chi connectivity index (χ4v) is 2.67. The molecule has 0 saturated heterocycles. The summed E-state index contributed by atoms with van der Waals surface area (Å²) in [5.41, 5.74) is 1.36. The van der Waals surface area contributed by atoms with Crippen LogP contribution in [-0.2, 0) is 6.42 Å². The quantitative estimate of drug-likeness (QED) is 0.861. The number of hydrogen-bond donors (Lipinski definition) is 1. The van der Waals surface area contributed by atoms with Crippen molar-refractivity contribution in [1.82, 2.24) is 5.32 Å². The van der Waals surface area contributed by atoms with Gasteiger partial charge in [0.25, 0.3) is 0 Å². The number of rotatable bonds is 5. The maximum atomic E-state index is 13.0. The Morgan fingerprint density at radius 2 is 2.06 bits per heavy atom. The van der Waals surface area contributed by atoms with Gasteiger partial charge in [-0.15, -0.1) is 0 Å². The van der Waals surface area contributed by atoms with E-state index in [4.69, 9.17) is 0 Å². The SMILES string of the molecule is CNC(C)CC(C)(C)Cc1ccc(F)cc1Br. The van der Waals surface area contributed by atoms with Gasteiger partial charge in [-0.1, -0.05) is 35.8 Å². The van der Waals surface area contributed by atoms with E-state index < -0.39 is 0 Å². The van der Waals surface area contributed by atoms with Gasteiger partial charge in [0.05, 0.1) is 0 Å². The third-order valence-electron chi connectivity index (χ3n) is 3.04. The van der Waals surface area contributed by atoms with Crippen LogP contribution in [0.25, 0.3) is 0 Å². The number of hydrogen-bond acceptors (Lipinski definition) is 1. The van der Waals surface area contributed by atoms with E-state index in [0.29, 0.717) is 6.04 Å². The Morgan fingerprint density at radius 3 is 2.59 bits per heavy atom. The van der Waals surface area contributed by atoms with E-state index in [0.717, 1.165) is 17.3 Å². The van der Waals surface area contributed by atoms with Gasteiger partial charge in [-0.2, -0.15) is 0 Å². The zero-order chi connectivity index (χ0) is 13.1. The lowest BCUT2D eigenvalue weighted by Gasteiger charge is -2.28. The number of nitrogens with one attached hydrogen (secondary N) is 1. The lowest BCUT2D eigenvalue weighted by molar-refractivity contribution is 0.293. The zero-order valence-corrected chi connectivity index (χ0v) is 12.6. The van der Waals surface area contributed by atoms with Crippen molar-refractivity contribution in [3.8, 4) is 0 Å². The predicted octanol–water partition coefficient (Wildman–Crippen LogP) is 4.15. The standard InChI is InChI=1S/C14H21BrFN/c1-10(17-4)8-14(2,3)9-11-5-6-12(16)7-13(11)15/h5-7,10,17H,8-9H2,1-4H3. The van der Waals surface area contributed by atoms with Crippen molar-refractivity contribution < 1.29 is 4.39 Å². The summed E-state index contributed by atoms with van der Waals surface area (Å²) in [5, 5.41) is 3.26. The van der Waals surface area contributed by atoms with Crippen LogP contribution >= 0.6 is 15.9 Å². The minimum atomic E-state index is -0.193. The normalized spacial score (nSPS) is 13.8. The maximum absolute atomic E-state index is 13.0. The summed E-state index contributed by atoms with van der Waals surface area (Å²) in [6.07, 6.45) is 2.03. The first-order valence-electron chi connectivity index (χ1n) is 5.95. The van der Waals surface area contributed by atoms with Crippen LogP contribution in [0.4, 0.5) is 4.39 Å². The Balaban J connectivity index is 2.75. The van der Waals surface area contributed by atoms with Crippen molar-refractivity contribution >= 4 is 15.9 Å². The molecule has 0 spiro atoms. The molecule has 96 valence electrons. The Bertz CT molecular complexity index is 376. The van der Waals surface area contributed by atoms with Crippen molar-refractivity contribution in [2.45, 2.75) is 39.7 Å². The van der Waals surface area contributed by atoms with E-state index >= 15 is 0 Å². The molecule has 1 N–H and O–H groups in total. The predicted molar refractivity (Wildman–Crippen MR) is 74.7 cm³/mol. The minimum absolute atomic E-state index is 0.193. The van der Waals surface area contributed by atoms with Gasteiger partial charge < -0.3 is 5.32 Å². The fraction of sp³-hybridized carbons (Fsp3) is 0.571. The Hall–Kier alpha value is -0.410. The number of benzene rings is 1. The van der Waals surface area contributed by atoms with Gasteiger partial charge in [-0.3, -0.25) is 0 Å². The van der Waals surface area contributed by atoms with E-state index in [1.54, 1.807) is 0 Å². The van der Waals surface area contributed by atoms with Crippen LogP contribution in [0.3, 0.4) is 0 Å². The van der Waals surface area contributed by atoms with E-state index in [2.05, 4.69) is 42.0 Å². The van der Waals surface area contributed by atoms with Gasteiger partial charge in [-0.25, -0.2) is 4.39 Å². The van der Waals surface area contributed by atoms with Crippen molar-refractivity contribution in [1.29, 1.82) is 0 Å². The molecule has 0 amide bonds. The minimum Gasteiger partial charge on any atom is -0.317 e. The third-order valence-corrected chi connectivity index (χ3v) is 3.77. The van der Waals surface area contributed by atoms with Gasteiger partial charge in [0.2, 0.25) is 0 Å². The zero-order valence-electron chi connectivity index (χ0n) is 11.0. The highest BCUT2D eigenvalue weighted by atomic mass is 79.9. The second-order valence-electron chi connectivity index (χ2n) is 5.47. The van der Waals surface area contributed by atoms with E-state index in [1.165, 1.54) is 17.7 Å². The molecule has 0 heterocycles. The molecule has 0 fully saturated rings. The Morgan fingerprint density at radius 1 is 1.41 bits per heavy atom. The van der Waals surface area contributed by atoms with Crippen molar-refractivity contribution in [2.75, 3.05) is 7.05 Å². The van der Waals surface area contributed by atoms with Crippen LogP contribution in [0.5, 0.6) is 0 Å². The highest BCUT2D eigenvalue weighted by Crippen LogP contribution is 2.30. The molecule has 0 radical (unpaired) electrons. The largest absolute Gasteiger partial charge is 0.317 e. The molecular weight excluding hydrogens is 281 g/mol. The first-order chi connectivity index (χ1) is 7.84. The molecule has 1 rings (SSSR count). The lowest BCUT2D eigenvalue weighted by atomic mass is 9.80. The lowest BCUT2D eigenvalue weighted by Crippen LogP contribution is -2.29. The molecule has 0 aromatic heterocycles. The van der Waals surface area contributed by atoms with Crippen molar-refractivity contribution in [3.63, 3.8) is 0 Å². The first kappa shape index (κ1) is 14.7. The van der Waals surface area contributed by atoms with Crippen LogP contribution < -0.4 is 5.32 Å². The molecule has 3 heteroatoms. The van der Waals surface area contributed by atoms with Crippen LogP contribution in [0.1, 0.15) is 32.8 Å². The second kappa shape index (κ2) is 5.96. The fourth-order valence-electron chi connectivity index (χ4n) is 2.18. The molecule has 1 nitrogen and oxygen atoms in total. The molecule has 1 aromatic rings. The Kier molecular flexibility index (Phi) is 5.14. The molecule has 0 saturated carbocycles. The van der Waals surface area contributed by atoms with Gasteiger partial charge in [0.1, 0.15) is 5.82 Å². The summed E-state index contributed by atoms with van der Waals surface area (Å²) in [6, 6.07) is 5.42. The van der Waals surface area contributed by atoms with Crippen LogP contribution in [0.15, 0.2) is 22.7 Å². The highest BCUT2D eigenvalue weighted by Gasteiger charge is 2.22. The molecule has 0 bridgehead atoms. The molecule has 1 aromatic carbocycles. The third kappa shape index (κ3) is 4.76. The topological polar surface area (TPSA) is 12.0 Å². The van der Waals surface area contributed by atoms with Gasteiger partial charge in [0, 0.05) is 10.5 Å². The molecule has 1 atom stereocenters. The average Bonchev–Trinajstić information content (AvgIpc) is 2.21. The van der Waals surface area contributed by atoms with Crippen molar-refractivity contribution in [2.24, 2.45) is 5.41 Å². The highest BCUT2D eigenvalue weighted by molar-refractivity contribution is 9.10. The Labute approximate surface area is 112 Å². The molecule has 0 aliphatic heterocycles. The molecule has 17 heavy (non-hydrogen) atoms. The van der Waals surface area contributed by atoms with Gasteiger partial charge in [0.15, 0.2) is 0 Å². The second-order valence-corrected chi connectivity index (χ2v) is 6.32. The maximum Gasteiger partial charge on any atom is 0.124 e. The smallest absolute Gasteiger partial charge is 0.124 e. The summed E-state index contributed by atoms with van der Waals surface area (Å²) in [4.78, 5) is 0. The average molecular weight is 302 g/mol. The monoisotopic (exact) mass is 301 g/mol. The summed E-state index contributed by atoms with van der Waals surface area (Å²) < 4.78 is 13.9. The molecule has 0 aliphatic carbocycles. The van der Waals surface area contributed by atoms with E-state index in [-0.39, 0.29) is 11.2 Å². The van der Waals surface area contributed by atoms with E-state index in [9.17, 15) is 4.39 Å². The molecular formula is C14H21BrFN. The van der Waals surface area contributed by atoms with Crippen LogP contribution in [0.2, 0.25) is 0 Å².